The molecule has 0 spiro atoms. The molecule has 198 valence electrons. The van der Waals surface area contributed by atoms with Gasteiger partial charge in [-0.3, -0.25) is 0 Å². The minimum absolute atomic E-state index is 0.207. The summed E-state index contributed by atoms with van der Waals surface area (Å²) in [5.41, 5.74) is 5.74. The molecule has 0 saturated carbocycles. The first-order valence-electron chi connectivity index (χ1n) is 13.2. The Hall–Kier alpha value is -1.44. The Balaban J connectivity index is 0.000000276. The summed E-state index contributed by atoms with van der Waals surface area (Å²) in [5.74, 6) is 0. The summed E-state index contributed by atoms with van der Waals surface area (Å²) in [7, 11) is 11.0. The predicted molar refractivity (Wildman–Crippen MR) is 171 cm³/mol. The zero-order valence-corrected chi connectivity index (χ0v) is 28.6. The number of fused-ring (bicyclic) bond motifs is 2. The van der Waals surface area contributed by atoms with Crippen LogP contribution in [0.1, 0.15) is 51.7 Å². The third kappa shape index (κ3) is 10.3. The van der Waals surface area contributed by atoms with Crippen molar-refractivity contribution in [1.82, 2.24) is 0 Å². The average Bonchev–Trinajstić information content (AvgIpc) is 3.55. The van der Waals surface area contributed by atoms with Gasteiger partial charge in [0.2, 0.25) is 0 Å². The van der Waals surface area contributed by atoms with Gasteiger partial charge in [0.05, 0.1) is 0 Å². The topological polar surface area (TPSA) is 0 Å². The number of hydrogen-bond donors (Lipinski definition) is 0. The molecular formula is C34H40Cl2SiZr. The normalized spacial score (nSPS) is 10.4. The van der Waals surface area contributed by atoms with Crippen LogP contribution in [0.4, 0.5) is 0 Å². The van der Waals surface area contributed by atoms with Crippen molar-refractivity contribution in [3.63, 3.8) is 0 Å². The maximum Gasteiger partial charge on any atom is -0.0809 e. The predicted octanol–water partition coefficient (Wildman–Crippen LogP) is 11.6. The molecule has 0 amide bonds. The molecule has 0 atom stereocenters. The minimum Gasteiger partial charge on any atom is -0.168 e. The number of aryl methyl sites for hydroxylation is 1. The third-order valence-corrected chi connectivity index (χ3v) is 6.24. The number of rotatable bonds is 4. The van der Waals surface area contributed by atoms with Crippen LogP contribution in [0.25, 0.3) is 32.7 Å². The van der Waals surface area contributed by atoms with Crippen LogP contribution >= 0.6 is 17.0 Å². The number of benzene rings is 3. The Morgan fingerprint density at radius 3 is 2.08 bits per heavy atom. The van der Waals surface area contributed by atoms with Gasteiger partial charge in [-0.25, -0.2) is 0 Å². The van der Waals surface area contributed by atoms with Crippen LogP contribution < -0.4 is 0 Å². The standard InChI is InChI=1S/C23H27.C9H7.C2H6Si.2ClH.Zr/c1-5-6-8-17-15-19-9-7-10-21(22(19)16-17)18-11-13-20(14-12-18)23(2,3)4;1-2-5-9-7-3-6-8(9)4-1;1-3-2;;;/h7,9-16H,5-6,8H2,1-4H3;1-7H;1-2H3;2*1H;/q2*-1;;;;+4/p-2. The van der Waals surface area contributed by atoms with Gasteiger partial charge in [-0.1, -0.05) is 95.6 Å². The van der Waals surface area contributed by atoms with E-state index in [-0.39, 0.29) is 5.41 Å². The Morgan fingerprint density at radius 2 is 1.47 bits per heavy atom. The van der Waals surface area contributed by atoms with Crippen molar-refractivity contribution in [3.05, 3.63) is 108 Å². The maximum atomic E-state index is 4.93. The van der Waals surface area contributed by atoms with Gasteiger partial charge in [0.15, 0.2) is 0 Å². The molecule has 0 unspecified atom stereocenters. The van der Waals surface area contributed by atoms with Crippen molar-refractivity contribution in [2.24, 2.45) is 0 Å². The first kappa shape index (κ1) is 32.8. The van der Waals surface area contributed by atoms with Gasteiger partial charge in [0, 0.05) is 9.52 Å². The van der Waals surface area contributed by atoms with Crippen molar-refractivity contribution >= 4 is 48.1 Å². The zero-order chi connectivity index (χ0) is 28.0. The summed E-state index contributed by atoms with van der Waals surface area (Å²) < 4.78 is 0. The summed E-state index contributed by atoms with van der Waals surface area (Å²) in [5, 5.41) is 5.42. The van der Waals surface area contributed by atoms with Gasteiger partial charge in [0.25, 0.3) is 0 Å². The van der Waals surface area contributed by atoms with E-state index < -0.39 is 20.8 Å². The van der Waals surface area contributed by atoms with E-state index in [0.717, 1.165) is 9.52 Å². The summed E-state index contributed by atoms with van der Waals surface area (Å²) in [6.45, 7) is 13.4. The molecule has 0 aliphatic heterocycles. The van der Waals surface area contributed by atoms with E-state index in [1.54, 1.807) is 0 Å². The molecule has 0 fully saturated rings. The average molecular weight is 639 g/mol. The molecule has 0 aromatic heterocycles. The maximum absolute atomic E-state index is 4.93. The largest absolute Gasteiger partial charge is 0.168 e. The zero-order valence-electron chi connectivity index (χ0n) is 23.6. The van der Waals surface area contributed by atoms with E-state index in [2.05, 4.69) is 138 Å². The fourth-order valence-electron chi connectivity index (χ4n) is 4.29. The van der Waals surface area contributed by atoms with E-state index in [1.807, 2.05) is 0 Å². The van der Waals surface area contributed by atoms with Crippen molar-refractivity contribution in [1.29, 1.82) is 0 Å². The summed E-state index contributed by atoms with van der Waals surface area (Å²) in [6, 6.07) is 35.2. The molecule has 0 aliphatic carbocycles. The Labute approximate surface area is 252 Å². The molecule has 0 saturated heterocycles. The van der Waals surface area contributed by atoms with Crippen LogP contribution in [0.5, 0.6) is 0 Å². The van der Waals surface area contributed by atoms with Gasteiger partial charge in [-0.05, 0) is 23.0 Å². The fraction of sp³-hybridized carbons (Fsp3) is 0.294. The van der Waals surface area contributed by atoms with Crippen molar-refractivity contribution in [3.8, 4) is 11.1 Å². The van der Waals surface area contributed by atoms with Crippen LogP contribution in [0, 0.1) is 0 Å². The molecule has 38 heavy (non-hydrogen) atoms. The Kier molecular flexibility index (Phi) is 14.9. The molecule has 0 heterocycles. The second kappa shape index (κ2) is 17.3. The first-order valence-corrected chi connectivity index (χ1v) is 21.6. The van der Waals surface area contributed by atoms with Gasteiger partial charge in [-0.2, -0.15) is 23.6 Å². The monoisotopic (exact) mass is 636 g/mol. The second-order valence-corrected chi connectivity index (χ2v) is 15.1. The molecule has 2 radical (unpaired) electrons. The van der Waals surface area contributed by atoms with Crippen molar-refractivity contribution < 1.29 is 20.8 Å². The van der Waals surface area contributed by atoms with E-state index in [0.29, 0.717) is 0 Å². The van der Waals surface area contributed by atoms with Crippen LogP contribution in [-0.4, -0.2) is 9.52 Å². The number of unbranched alkanes of at least 4 members (excludes halogenated alkanes) is 1. The summed E-state index contributed by atoms with van der Waals surface area (Å²) in [4.78, 5) is 0. The number of halogens is 2. The van der Waals surface area contributed by atoms with Gasteiger partial charge < -0.3 is 0 Å². The quantitative estimate of drug-likeness (QED) is 0.136. The van der Waals surface area contributed by atoms with Crippen LogP contribution in [0.15, 0.2) is 97.1 Å². The molecule has 0 nitrogen and oxygen atoms in total. The first-order chi connectivity index (χ1) is 18.3. The SMILES string of the molecule is CCCCc1cc2c(-c3ccc(C(C)(C)C)cc3)cccc2[cH-]1.C[Si]C.[Cl][Zr+2][Cl].c1ccc2[cH-]ccc2c1. The van der Waals surface area contributed by atoms with E-state index in [1.165, 1.54) is 63.1 Å². The smallest absolute Gasteiger partial charge is 0.0809 e. The van der Waals surface area contributed by atoms with Crippen LogP contribution in [-0.2, 0) is 32.7 Å². The molecule has 5 aromatic rings. The Morgan fingerprint density at radius 1 is 0.842 bits per heavy atom. The molecule has 0 N–H and O–H groups in total. The van der Waals surface area contributed by atoms with E-state index in [9.17, 15) is 0 Å². The molecule has 5 rings (SSSR count). The van der Waals surface area contributed by atoms with E-state index >= 15 is 0 Å². The molecule has 0 bridgehead atoms. The molecule has 4 heteroatoms. The van der Waals surface area contributed by atoms with Crippen molar-refractivity contribution in [2.75, 3.05) is 0 Å². The number of hydrogen-bond acceptors (Lipinski definition) is 0. The second-order valence-electron chi connectivity index (χ2n) is 10.3. The summed E-state index contributed by atoms with van der Waals surface area (Å²) in [6.07, 6.45) is 3.71. The third-order valence-electron chi connectivity index (χ3n) is 6.24. The van der Waals surface area contributed by atoms with Gasteiger partial charge >= 0.3 is 37.9 Å². The van der Waals surface area contributed by atoms with Crippen LogP contribution in [0.2, 0.25) is 13.1 Å². The van der Waals surface area contributed by atoms with Gasteiger partial charge in [0.1, 0.15) is 0 Å². The molecular weight excluding hydrogens is 599 g/mol. The fourth-order valence-corrected chi connectivity index (χ4v) is 4.29. The van der Waals surface area contributed by atoms with Crippen LogP contribution in [0.3, 0.4) is 0 Å². The van der Waals surface area contributed by atoms with Gasteiger partial charge in [-0.15, -0.1) is 64.2 Å². The van der Waals surface area contributed by atoms with Crippen molar-refractivity contribution in [2.45, 2.75) is 65.5 Å². The molecule has 0 aliphatic rings. The minimum atomic E-state index is -0.826. The summed E-state index contributed by atoms with van der Waals surface area (Å²) >= 11 is -0.826. The van der Waals surface area contributed by atoms with E-state index in [4.69, 9.17) is 17.0 Å². The Bertz CT molecular complexity index is 1290. The molecule has 5 aromatic carbocycles.